The molecular formula is C18H26N2O5S. The van der Waals surface area contributed by atoms with Gasteiger partial charge in [-0.3, -0.25) is 9.59 Å². The van der Waals surface area contributed by atoms with Crippen molar-refractivity contribution in [2.45, 2.75) is 63.0 Å². The number of hydrogen-bond donors (Lipinski definition) is 2. The lowest BCUT2D eigenvalue weighted by Gasteiger charge is -2.17. The highest BCUT2D eigenvalue weighted by Crippen LogP contribution is 2.17. The third kappa shape index (κ3) is 6.10. The van der Waals surface area contributed by atoms with E-state index in [1.54, 1.807) is 12.1 Å². The second-order valence-corrected chi connectivity index (χ2v) is 8.35. The van der Waals surface area contributed by atoms with E-state index in [9.17, 15) is 18.0 Å². The van der Waals surface area contributed by atoms with Crippen LogP contribution in [0.15, 0.2) is 29.2 Å². The fraction of sp³-hybridized carbons (Fsp3) is 0.556. The van der Waals surface area contributed by atoms with Crippen LogP contribution in [-0.2, 0) is 24.3 Å². The molecule has 1 aromatic carbocycles. The molecule has 7 nitrogen and oxygen atoms in total. The largest absolute Gasteiger partial charge is 0.453 e. The van der Waals surface area contributed by atoms with Crippen molar-refractivity contribution in [1.82, 2.24) is 10.0 Å². The Bertz CT molecular complexity index is 724. The van der Waals surface area contributed by atoms with Crippen LogP contribution in [0.5, 0.6) is 0 Å². The van der Waals surface area contributed by atoms with Crippen LogP contribution >= 0.6 is 0 Å². The fourth-order valence-electron chi connectivity index (χ4n) is 2.79. The maximum atomic E-state index is 12.1. The molecule has 2 rings (SSSR count). The van der Waals surface area contributed by atoms with Crippen molar-refractivity contribution in [3.63, 3.8) is 0 Å². The summed E-state index contributed by atoms with van der Waals surface area (Å²) in [5.74, 6) is -0.934. The lowest BCUT2D eigenvalue weighted by molar-refractivity contribution is -0.154. The summed E-state index contributed by atoms with van der Waals surface area (Å²) in [6.45, 7) is 3.29. The van der Waals surface area contributed by atoms with Crippen LogP contribution in [0.2, 0.25) is 0 Å². The van der Waals surface area contributed by atoms with Crippen molar-refractivity contribution in [3.8, 4) is 0 Å². The Morgan fingerprint density at radius 3 is 2.42 bits per heavy atom. The molecule has 1 aliphatic rings. The van der Waals surface area contributed by atoms with Gasteiger partial charge in [-0.25, -0.2) is 13.1 Å². The Balaban J connectivity index is 1.73. The highest BCUT2D eigenvalue weighted by Gasteiger charge is 2.23. The average molecular weight is 382 g/mol. The van der Waals surface area contributed by atoms with Gasteiger partial charge >= 0.3 is 5.97 Å². The molecule has 0 spiro atoms. The van der Waals surface area contributed by atoms with Gasteiger partial charge in [0.2, 0.25) is 10.0 Å². The third-order valence-electron chi connectivity index (χ3n) is 4.33. The quantitative estimate of drug-likeness (QED) is 0.666. The first-order chi connectivity index (χ1) is 12.3. The van der Waals surface area contributed by atoms with E-state index in [2.05, 4.69) is 10.0 Å². The summed E-state index contributed by atoms with van der Waals surface area (Å²) in [5, 5.41) is 2.86. The smallest absolute Gasteiger partial charge is 0.307 e. The fourth-order valence-corrected chi connectivity index (χ4v) is 3.82. The van der Waals surface area contributed by atoms with Gasteiger partial charge in [0.15, 0.2) is 6.10 Å². The maximum absolute atomic E-state index is 12.1. The van der Waals surface area contributed by atoms with Crippen molar-refractivity contribution in [2.75, 3.05) is 6.54 Å². The minimum Gasteiger partial charge on any atom is -0.453 e. The molecule has 26 heavy (non-hydrogen) atoms. The van der Waals surface area contributed by atoms with Crippen LogP contribution < -0.4 is 10.0 Å². The first kappa shape index (κ1) is 20.4. The average Bonchev–Trinajstić information content (AvgIpc) is 3.08. The molecule has 0 aromatic heterocycles. The lowest BCUT2D eigenvalue weighted by atomic mass is 10.2. The number of amides is 1. The Hall–Kier alpha value is -1.93. The van der Waals surface area contributed by atoms with Crippen LogP contribution in [-0.4, -0.2) is 39.0 Å². The van der Waals surface area contributed by atoms with Crippen LogP contribution in [0.25, 0.3) is 0 Å². The molecular weight excluding hydrogens is 356 g/mol. The standard InChI is InChI=1S/C18H26N2O5S/c1-13-7-9-16(10-8-13)26(23,24)19-12-11-17(21)25-14(2)18(22)20-15-5-3-4-6-15/h7-10,14-15,19H,3-6,11-12H2,1-2H3,(H,20,22). The van der Waals surface area contributed by atoms with E-state index in [-0.39, 0.29) is 29.8 Å². The molecule has 0 heterocycles. The molecule has 1 atom stereocenters. The van der Waals surface area contributed by atoms with Crippen molar-refractivity contribution in [1.29, 1.82) is 0 Å². The van der Waals surface area contributed by atoms with Gasteiger partial charge < -0.3 is 10.1 Å². The summed E-state index contributed by atoms with van der Waals surface area (Å²) >= 11 is 0. The molecule has 1 fully saturated rings. The van der Waals surface area contributed by atoms with Crippen LogP contribution in [0.4, 0.5) is 0 Å². The summed E-state index contributed by atoms with van der Waals surface area (Å²) in [6, 6.07) is 6.57. The summed E-state index contributed by atoms with van der Waals surface area (Å²) in [4.78, 5) is 23.9. The van der Waals surface area contributed by atoms with Crippen LogP contribution in [0, 0.1) is 6.92 Å². The van der Waals surface area contributed by atoms with Gasteiger partial charge in [-0.1, -0.05) is 30.5 Å². The van der Waals surface area contributed by atoms with Crippen LogP contribution in [0.3, 0.4) is 0 Å². The molecule has 144 valence electrons. The summed E-state index contributed by atoms with van der Waals surface area (Å²) in [7, 11) is -3.67. The summed E-state index contributed by atoms with van der Waals surface area (Å²) in [5.41, 5.74) is 0.956. The molecule has 2 N–H and O–H groups in total. The van der Waals surface area contributed by atoms with Crippen molar-refractivity contribution in [2.24, 2.45) is 0 Å². The van der Waals surface area contributed by atoms with E-state index in [1.165, 1.54) is 19.1 Å². The van der Waals surface area contributed by atoms with Gasteiger partial charge in [-0.15, -0.1) is 0 Å². The Labute approximate surface area is 154 Å². The number of hydrogen-bond acceptors (Lipinski definition) is 5. The monoisotopic (exact) mass is 382 g/mol. The number of esters is 1. The highest BCUT2D eigenvalue weighted by molar-refractivity contribution is 7.89. The molecule has 1 aliphatic carbocycles. The van der Waals surface area contributed by atoms with Gasteiger partial charge in [-0.2, -0.15) is 0 Å². The number of benzene rings is 1. The van der Waals surface area contributed by atoms with Crippen molar-refractivity contribution < 1.29 is 22.7 Å². The van der Waals surface area contributed by atoms with E-state index < -0.39 is 22.1 Å². The SMILES string of the molecule is Cc1ccc(S(=O)(=O)NCCC(=O)OC(C)C(=O)NC2CCCC2)cc1. The van der Waals surface area contributed by atoms with E-state index in [1.807, 2.05) is 6.92 Å². The second kappa shape index (κ2) is 9.14. The Morgan fingerprint density at radius 1 is 1.19 bits per heavy atom. The molecule has 1 aromatic rings. The topological polar surface area (TPSA) is 102 Å². The number of ether oxygens (including phenoxy) is 1. The number of rotatable bonds is 8. The Kier molecular flexibility index (Phi) is 7.16. The molecule has 8 heteroatoms. The number of carbonyl (C=O) groups excluding carboxylic acids is 2. The number of nitrogens with one attached hydrogen (secondary N) is 2. The van der Waals surface area contributed by atoms with E-state index >= 15 is 0 Å². The number of sulfonamides is 1. The number of aryl methyl sites for hydroxylation is 1. The second-order valence-electron chi connectivity index (χ2n) is 6.58. The summed E-state index contributed by atoms with van der Waals surface area (Å²) < 4.78 is 31.7. The van der Waals surface area contributed by atoms with Gasteiger partial charge in [0.25, 0.3) is 5.91 Å². The zero-order valence-electron chi connectivity index (χ0n) is 15.2. The lowest BCUT2D eigenvalue weighted by Crippen LogP contribution is -2.41. The highest BCUT2D eigenvalue weighted by atomic mass is 32.2. The predicted molar refractivity (Wildman–Crippen MR) is 96.9 cm³/mol. The predicted octanol–water partition coefficient (Wildman–Crippen LogP) is 1.65. The van der Waals surface area contributed by atoms with Crippen molar-refractivity contribution >= 4 is 21.9 Å². The molecule has 0 bridgehead atoms. The van der Waals surface area contributed by atoms with Gasteiger partial charge in [0.05, 0.1) is 11.3 Å². The minimum atomic E-state index is -3.67. The van der Waals surface area contributed by atoms with Gasteiger partial charge in [0, 0.05) is 12.6 Å². The zero-order valence-corrected chi connectivity index (χ0v) is 16.0. The first-order valence-corrected chi connectivity index (χ1v) is 10.3. The zero-order chi connectivity index (χ0) is 19.2. The van der Waals surface area contributed by atoms with Crippen molar-refractivity contribution in [3.05, 3.63) is 29.8 Å². The third-order valence-corrected chi connectivity index (χ3v) is 5.81. The molecule has 0 aliphatic heterocycles. The van der Waals surface area contributed by atoms with Gasteiger partial charge in [-0.05, 0) is 38.8 Å². The molecule has 1 saturated carbocycles. The first-order valence-electron chi connectivity index (χ1n) is 8.84. The normalized spacial score (nSPS) is 16.2. The molecule has 0 radical (unpaired) electrons. The summed E-state index contributed by atoms with van der Waals surface area (Å²) in [6.07, 6.45) is 3.06. The molecule has 1 amide bonds. The Morgan fingerprint density at radius 2 is 1.81 bits per heavy atom. The van der Waals surface area contributed by atoms with E-state index in [0.717, 1.165) is 31.2 Å². The maximum Gasteiger partial charge on any atom is 0.307 e. The van der Waals surface area contributed by atoms with Crippen LogP contribution in [0.1, 0.15) is 44.6 Å². The van der Waals surface area contributed by atoms with E-state index in [0.29, 0.717) is 0 Å². The number of carbonyl (C=O) groups is 2. The van der Waals surface area contributed by atoms with Gasteiger partial charge in [0.1, 0.15) is 0 Å². The van der Waals surface area contributed by atoms with E-state index in [4.69, 9.17) is 4.74 Å². The minimum absolute atomic E-state index is 0.0913. The molecule has 0 saturated heterocycles. The molecule has 1 unspecified atom stereocenters.